The molecule has 1 saturated carbocycles. The summed E-state index contributed by atoms with van der Waals surface area (Å²) in [6.07, 6.45) is 10.4. The minimum atomic E-state index is 0.00707. The van der Waals surface area contributed by atoms with Crippen LogP contribution in [0.5, 0.6) is 0 Å². The first kappa shape index (κ1) is 19.0. The summed E-state index contributed by atoms with van der Waals surface area (Å²) in [5, 5.41) is 3.26. The molecule has 1 atom stereocenters. The molecule has 3 rings (SSSR count). The van der Waals surface area contributed by atoms with E-state index in [1.54, 1.807) is 0 Å². The minimum Gasteiger partial charge on any atom is -0.375 e. The van der Waals surface area contributed by atoms with Gasteiger partial charge in [0.25, 0.3) is 0 Å². The molecule has 0 aromatic heterocycles. The number of nitrogens with zero attached hydrogens (tertiary/aromatic N) is 2. The maximum absolute atomic E-state index is 12.6. The van der Waals surface area contributed by atoms with Gasteiger partial charge in [-0.25, -0.2) is 4.79 Å². The van der Waals surface area contributed by atoms with Crippen molar-refractivity contribution in [3.8, 4) is 0 Å². The Balaban J connectivity index is 1.49. The first-order chi connectivity index (χ1) is 12.2. The Morgan fingerprint density at radius 2 is 1.80 bits per heavy atom. The lowest BCUT2D eigenvalue weighted by molar-refractivity contribution is -0.128. The molecule has 25 heavy (non-hydrogen) atoms. The fraction of sp³-hybridized carbons (Fsp3) is 0.950. The molecule has 3 aliphatic rings. The lowest BCUT2D eigenvalue weighted by atomic mass is 9.82. The molecular formula is C20H37N3O2. The number of ether oxygens (including phenoxy) is 1. The van der Waals surface area contributed by atoms with Crippen LogP contribution in [0, 0.1) is 0 Å². The fourth-order valence-corrected chi connectivity index (χ4v) is 5.03. The number of hydrogen-bond acceptors (Lipinski definition) is 3. The molecule has 1 N–H and O–H groups in total. The van der Waals surface area contributed by atoms with Crippen LogP contribution in [0.1, 0.15) is 71.6 Å². The Morgan fingerprint density at radius 1 is 1.12 bits per heavy atom. The van der Waals surface area contributed by atoms with Crippen molar-refractivity contribution in [1.82, 2.24) is 15.1 Å². The first-order valence-corrected chi connectivity index (χ1v) is 10.6. The first-order valence-electron chi connectivity index (χ1n) is 10.6. The molecule has 144 valence electrons. The molecule has 3 fully saturated rings. The largest absolute Gasteiger partial charge is 0.375 e. The molecule has 1 aliphatic carbocycles. The molecule has 2 heterocycles. The van der Waals surface area contributed by atoms with Crippen LogP contribution < -0.4 is 5.32 Å². The van der Waals surface area contributed by atoms with Gasteiger partial charge in [-0.05, 0) is 51.6 Å². The number of nitrogens with one attached hydrogen (secondary N) is 1. The average Bonchev–Trinajstić information content (AvgIpc) is 2.64. The topological polar surface area (TPSA) is 44.8 Å². The predicted octanol–water partition coefficient (Wildman–Crippen LogP) is 3.38. The van der Waals surface area contributed by atoms with E-state index in [0.29, 0.717) is 12.1 Å². The zero-order chi connectivity index (χ0) is 17.7. The van der Waals surface area contributed by atoms with Crippen molar-refractivity contribution in [3.63, 3.8) is 0 Å². The number of urea groups is 1. The third-order valence-corrected chi connectivity index (χ3v) is 6.69. The molecule has 2 aliphatic heterocycles. The number of amides is 2. The molecule has 0 aromatic rings. The Morgan fingerprint density at radius 3 is 2.44 bits per heavy atom. The summed E-state index contributed by atoms with van der Waals surface area (Å²) >= 11 is 0. The molecule has 2 amide bonds. The Bertz CT molecular complexity index is 425. The zero-order valence-corrected chi connectivity index (χ0v) is 16.3. The smallest absolute Gasteiger partial charge is 0.317 e. The lowest BCUT2D eigenvalue weighted by Gasteiger charge is -2.48. The molecule has 0 aromatic carbocycles. The second-order valence-electron chi connectivity index (χ2n) is 8.17. The summed E-state index contributed by atoms with van der Waals surface area (Å²) < 4.78 is 6.27. The molecule has 0 bridgehead atoms. The van der Waals surface area contributed by atoms with E-state index < -0.39 is 0 Å². The monoisotopic (exact) mass is 351 g/mol. The standard InChI is InChI=1S/C20H37N3O2/c1-3-22(4-2)18-10-15-25-20(16-18)11-13-23(14-12-20)19(24)21-17-8-6-5-7-9-17/h17-18H,3-16H2,1-2H3,(H,21,24). The van der Waals surface area contributed by atoms with E-state index in [2.05, 4.69) is 24.1 Å². The number of hydrogen-bond donors (Lipinski definition) is 1. The van der Waals surface area contributed by atoms with Crippen LogP contribution in [0.15, 0.2) is 0 Å². The van der Waals surface area contributed by atoms with Crippen LogP contribution in [-0.4, -0.2) is 66.3 Å². The van der Waals surface area contributed by atoms with E-state index >= 15 is 0 Å². The summed E-state index contributed by atoms with van der Waals surface area (Å²) in [7, 11) is 0. The van der Waals surface area contributed by atoms with Gasteiger partial charge in [0.05, 0.1) is 5.60 Å². The van der Waals surface area contributed by atoms with Crippen molar-refractivity contribution in [2.45, 2.75) is 89.3 Å². The molecule has 5 heteroatoms. The molecule has 5 nitrogen and oxygen atoms in total. The van der Waals surface area contributed by atoms with Crippen molar-refractivity contribution in [2.24, 2.45) is 0 Å². The van der Waals surface area contributed by atoms with Crippen molar-refractivity contribution in [2.75, 3.05) is 32.8 Å². The van der Waals surface area contributed by atoms with Gasteiger partial charge in [0.2, 0.25) is 0 Å². The van der Waals surface area contributed by atoms with E-state index in [4.69, 9.17) is 4.74 Å². The van der Waals surface area contributed by atoms with Gasteiger partial charge in [0, 0.05) is 31.8 Å². The normalized spacial score (nSPS) is 27.6. The number of carbonyl (C=O) groups is 1. The van der Waals surface area contributed by atoms with Crippen LogP contribution in [0.3, 0.4) is 0 Å². The van der Waals surface area contributed by atoms with Gasteiger partial charge in [0.15, 0.2) is 0 Å². The fourth-order valence-electron chi connectivity index (χ4n) is 5.03. The zero-order valence-electron chi connectivity index (χ0n) is 16.3. The average molecular weight is 352 g/mol. The second-order valence-corrected chi connectivity index (χ2v) is 8.17. The molecule has 2 saturated heterocycles. The Labute approximate surface area is 153 Å². The number of rotatable bonds is 4. The van der Waals surface area contributed by atoms with Crippen molar-refractivity contribution >= 4 is 6.03 Å². The van der Waals surface area contributed by atoms with Crippen LogP contribution in [-0.2, 0) is 4.74 Å². The number of piperidine rings is 1. The van der Waals surface area contributed by atoms with E-state index in [-0.39, 0.29) is 11.6 Å². The lowest BCUT2D eigenvalue weighted by Crippen LogP contribution is -2.56. The summed E-state index contributed by atoms with van der Waals surface area (Å²) in [6, 6.07) is 1.19. The van der Waals surface area contributed by atoms with Crippen LogP contribution in [0.4, 0.5) is 4.79 Å². The summed E-state index contributed by atoms with van der Waals surface area (Å²) in [5.74, 6) is 0. The Kier molecular flexibility index (Phi) is 6.61. The maximum Gasteiger partial charge on any atom is 0.317 e. The quantitative estimate of drug-likeness (QED) is 0.844. The molecule has 0 radical (unpaired) electrons. The third-order valence-electron chi connectivity index (χ3n) is 6.69. The molecular weight excluding hydrogens is 314 g/mol. The number of likely N-dealkylation sites (tertiary alicyclic amines) is 1. The van der Waals surface area contributed by atoms with Gasteiger partial charge in [-0.3, -0.25) is 0 Å². The van der Waals surface area contributed by atoms with Gasteiger partial charge in [-0.1, -0.05) is 33.1 Å². The Hall–Kier alpha value is -0.810. The highest BCUT2D eigenvalue weighted by Crippen LogP contribution is 2.36. The van der Waals surface area contributed by atoms with E-state index in [1.807, 2.05) is 4.90 Å². The number of carbonyl (C=O) groups excluding carboxylic acids is 1. The van der Waals surface area contributed by atoms with Gasteiger partial charge in [-0.2, -0.15) is 0 Å². The second kappa shape index (κ2) is 8.72. The van der Waals surface area contributed by atoms with Gasteiger partial charge in [0.1, 0.15) is 0 Å². The SMILES string of the molecule is CCN(CC)C1CCOC2(CCN(C(=O)NC3CCCCC3)CC2)C1. The van der Waals surface area contributed by atoms with E-state index in [1.165, 1.54) is 19.3 Å². The summed E-state index contributed by atoms with van der Waals surface area (Å²) in [6.45, 7) is 9.29. The predicted molar refractivity (Wildman–Crippen MR) is 101 cm³/mol. The van der Waals surface area contributed by atoms with Gasteiger partial charge >= 0.3 is 6.03 Å². The van der Waals surface area contributed by atoms with Crippen molar-refractivity contribution in [3.05, 3.63) is 0 Å². The van der Waals surface area contributed by atoms with Crippen molar-refractivity contribution in [1.29, 1.82) is 0 Å². The van der Waals surface area contributed by atoms with Crippen LogP contribution in [0.25, 0.3) is 0 Å². The molecule has 1 unspecified atom stereocenters. The van der Waals surface area contributed by atoms with Gasteiger partial charge in [-0.15, -0.1) is 0 Å². The van der Waals surface area contributed by atoms with Crippen molar-refractivity contribution < 1.29 is 9.53 Å². The maximum atomic E-state index is 12.6. The highest BCUT2D eigenvalue weighted by Gasteiger charge is 2.42. The summed E-state index contributed by atoms with van der Waals surface area (Å²) in [4.78, 5) is 17.2. The highest BCUT2D eigenvalue weighted by atomic mass is 16.5. The van der Waals surface area contributed by atoms with E-state index in [0.717, 1.165) is 71.3 Å². The molecule has 1 spiro atoms. The third kappa shape index (κ3) is 4.68. The van der Waals surface area contributed by atoms with Crippen LogP contribution in [0.2, 0.25) is 0 Å². The highest BCUT2D eigenvalue weighted by molar-refractivity contribution is 5.74. The minimum absolute atomic E-state index is 0.00707. The van der Waals surface area contributed by atoms with Crippen LogP contribution >= 0.6 is 0 Å². The summed E-state index contributed by atoms with van der Waals surface area (Å²) in [5.41, 5.74) is 0.00707. The van der Waals surface area contributed by atoms with E-state index in [9.17, 15) is 4.79 Å². The van der Waals surface area contributed by atoms with Gasteiger partial charge < -0.3 is 19.9 Å².